The molecule has 0 unspecified atom stereocenters. The standard InChI is InChI=1S/C12H10BrFN4O3/c13-7-4-18(12(21)17-11(7)20)5-10(19)16-6-1-2-8(14)9(15)3-6/h1-4H,5,15H2,(H,16,19)(H,17,20,21). The molecular formula is C12H10BrFN4O3. The highest BCUT2D eigenvalue weighted by Crippen LogP contribution is 2.16. The second-order valence-corrected chi connectivity index (χ2v) is 5.00. The summed E-state index contributed by atoms with van der Waals surface area (Å²) >= 11 is 2.96. The Morgan fingerprint density at radius 3 is 2.81 bits per heavy atom. The minimum atomic E-state index is -0.711. The van der Waals surface area contributed by atoms with Gasteiger partial charge in [-0.3, -0.25) is 19.1 Å². The lowest BCUT2D eigenvalue weighted by atomic mass is 10.2. The van der Waals surface area contributed by atoms with E-state index in [2.05, 4.69) is 21.2 Å². The number of nitrogen functional groups attached to an aromatic ring is 1. The zero-order valence-electron chi connectivity index (χ0n) is 10.5. The second-order valence-electron chi connectivity index (χ2n) is 4.15. The maximum Gasteiger partial charge on any atom is 0.328 e. The fourth-order valence-electron chi connectivity index (χ4n) is 1.58. The highest BCUT2D eigenvalue weighted by atomic mass is 79.9. The molecule has 2 rings (SSSR count). The molecule has 2 aromatic rings. The number of carbonyl (C=O) groups is 1. The number of anilines is 2. The second kappa shape index (κ2) is 5.92. The van der Waals surface area contributed by atoms with E-state index in [9.17, 15) is 18.8 Å². The van der Waals surface area contributed by atoms with Crippen molar-refractivity contribution in [1.29, 1.82) is 0 Å². The van der Waals surface area contributed by atoms with Gasteiger partial charge in [-0.15, -0.1) is 0 Å². The van der Waals surface area contributed by atoms with Gasteiger partial charge in [-0.05, 0) is 34.1 Å². The summed E-state index contributed by atoms with van der Waals surface area (Å²) in [7, 11) is 0. The summed E-state index contributed by atoms with van der Waals surface area (Å²) in [6.45, 7) is -0.314. The van der Waals surface area contributed by atoms with Gasteiger partial charge in [-0.25, -0.2) is 9.18 Å². The summed E-state index contributed by atoms with van der Waals surface area (Å²) in [4.78, 5) is 36.6. The number of benzene rings is 1. The fraction of sp³-hybridized carbons (Fsp3) is 0.0833. The molecule has 0 radical (unpaired) electrons. The van der Waals surface area contributed by atoms with Crippen molar-refractivity contribution < 1.29 is 9.18 Å². The molecule has 110 valence electrons. The molecule has 0 aliphatic heterocycles. The summed E-state index contributed by atoms with van der Waals surface area (Å²) in [5, 5.41) is 2.47. The lowest BCUT2D eigenvalue weighted by Crippen LogP contribution is -2.33. The number of nitrogens with two attached hydrogens (primary N) is 1. The molecule has 0 bridgehead atoms. The number of aromatic amines is 1. The molecule has 1 heterocycles. The Bertz CT molecular complexity index is 815. The van der Waals surface area contributed by atoms with Gasteiger partial charge in [0, 0.05) is 11.9 Å². The first-order valence-electron chi connectivity index (χ1n) is 5.71. The van der Waals surface area contributed by atoms with Crippen molar-refractivity contribution in [2.45, 2.75) is 6.54 Å². The number of hydrogen-bond acceptors (Lipinski definition) is 4. The van der Waals surface area contributed by atoms with Crippen molar-refractivity contribution in [1.82, 2.24) is 9.55 Å². The Balaban J connectivity index is 2.15. The van der Waals surface area contributed by atoms with Crippen LogP contribution in [0.15, 0.2) is 38.5 Å². The Morgan fingerprint density at radius 1 is 1.43 bits per heavy atom. The molecule has 21 heavy (non-hydrogen) atoms. The lowest BCUT2D eigenvalue weighted by Gasteiger charge is -2.08. The molecule has 7 nitrogen and oxygen atoms in total. The van der Waals surface area contributed by atoms with Gasteiger partial charge in [0.2, 0.25) is 5.91 Å². The highest BCUT2D eigenvalue weighted by molar-refractivity contribution is 9.10. The maximum atomic E-state index is 13.0. The highest BCUT2D eigenvalue weighted by Gasteiger charge is 2.08. The molecule has 1 aromatic carbocycles. The van der Waals surface area contributed by atoms with E-state index < -0.39 is 23.0 Å². The Hall–Kier alpha value is -2.42. The van der Waals surface area contributed by atoms with Gasteiger partial charge in [-0.1, -0.05) is 0 Å². The first-order chi connectivity index (χ1) is 9.86. The van der Waals surface area contributed by atoms with Crippen LogP contribution in [-0.2, 0) is 11.3 Å². The average Bonchev–Trinajstić information content (AvgIpc) is 2.40. The zero-order valence-corrected chi connectivity index (χ0v) is 12.1. The number of H-pyrrole nitrogens is 1. The first-order valence-corrected chi connectivity index (χ1v) is 6.50. The lowest BCUT2D eigenvalue weighted by molar-refractivity contribution is -0.116. The van der Waals surface area contributed by atoms with Gasteiger partial charge in [0.1, 0.15) is 12.4 Å². The largest absolute Gasteiger partial charge is 0.396 e. The SMILES string of the molecule is Nc1cc(NC(=O)Cn2cc(Br)c(=O)[nH]c2=O)ccc1F. The van der Waals surface area contributed by atoms with Crippen molar-refractivity contribution in [3.8, 4) is 0 Å². The smallest absolute Gasteiger partial charge is 0.328 e. The average molecular weight is 357 g/mol. The van der Waals surface area contributed by atoms with E-state index in [-0.39, 0.29) is 16.7 Å². The van der Waals surface area contributed by atoms with Crippen LogP contribution in [0.3, 0.4) is 0 Å². The van der Waals surface area contributed by atoms with Crippen LogP contribution in [0.25, 0.3) is 0 Å². The van der Waals surface area contributed by atoms with Gasteiger partial charge in [-0.2, -0.15) is 0 Å². The molecular weight excluding hydrogens is 347 g/mol. The van der Waals surface area contributed by atoms with Crippen LogP contribution >= 0.6 is 15.9 Å². The van der Waals surface area contributed by atoms with Crippen LogP contribution in [0, 0.1) is 5.82 Å². The summed E-state index contributed by atoms with van der Waals surface area (Å²) < 4.78 is 14.1. The third kappa shape index (κ3) is 3.57. The molecule has 1 amide bonds. The van der Waals surface area contributed by atoms with Crippen molar-refractivity contribution in [2.24, 2.45) is 0 Å². The molecule has 0 aliphatic rings. The number of nitrogens with zero attached hydrogens (tertiary/aromatic N) is 1. The third-order valence-corrected chi connectivity index (χ3v) is 3.13. The molecule has 0 fully saturated rings. The number of hydrogen-bond donors (Lipinski definition) is 3. The van der Waals surface area contributed by atoms with Gasteiger partial charge < -0.3 is 11.1 Å². The molecule has 9 heteroatoms. The van der Waals surface area contributed by atoms with E-state index in [0.717, 1.165) is 10.6 Å². The Morgan fingerprint density at radius 2 is 2.14 bits per heavy atom. The summed E-state index contributed by atoms with van der Waals surface area (Å²) in [6.07, 6.45) is 1.21. The fourth-order valence-corrected chi connectivity index (χ4v) is 1.92. The van der Waals surface area contributed by atoms with Gasteiger partial charge in [0.05, 0.1) is 10.2 Å². The minimum absolute atomic E-state index is 0.100. The molecule has 0 aliphatic carbocycles. The number of amides is 1. The number of halogens is 2. The summed E-state index contributed by atoms with van der Waals surface area (Å²) in [5.74, 6) is -1.11. The molecule has 0 spiro atoms. The van der Waals surface area contributed by atoms with E-state index in [1.165, 1.54) is 18.3 Å². The predicted molar refractivity (Wildman–Crippen MR) is 78.5 cm³/mol. The van der Waals surface area contributed by atoms with E-state index >= 15 is 0 Å². The Kier molecular flexibility index (Phi) is 4.22. The van der Waals surface area contributed by atoms with E-state index in [0.29, 0.717) is 5.69 Å². The van der Waals surface area contributed by atoms with Crippen LogP contribution < -0.4 is 22.3 Å². The van der Waals surface area contributed by atoms with Crippen LogP contribution in [0.2, 0.25) is 0 Å². The van der Waals surface area contributed by atoms with Crippen molar-refractivity contribution in [2.75, 3.05) is 11.1 Å². The number of carbonyl (C=O) groups excluding carboxylic acids is 1. The molecule has 0 atom stereocenters. The zero-order chi connectivity index (χ0) is 15.6. The summed E-state index contributed by atoms with van der Waals surface area (Å²) in [6, 6.07) is 3.72. The van der Waals surface area contributed by atoms with Crippen molar-refractivity contribution >= 4 is 33.2 Å². The van der Waals surface area contributed by atoms with Crippen LogP contribution in [0.4, 0.5) is 15.8 Å². The van der Waals surface area contributed by atoms with Crippen molar-refractivity contribution in [3.05, 3.63) is 55.5 Å². The first kappa shape index (κ1) is 15.0. The summed E-state index contributed by atoms with van der Waals surface area (Å²) in [5.41, 5.74) is 4.29. The number of rotatable bonds is 3. The monoisotopic (exact) mass is 356 g/mol. The van der Waals surface area contributed by atoms with E-state index in [4.69, 9.17) is 5.73 Å². The quantitative estimate of drug-likeness (QED) is 0.701. The third-order valence-electron chi connectivity index (χ3n) is 2.56. The molecule has 1 aromatic heterocycles. The number of nitrogens with one attached hydrogen (secondary N) is 2. The normalized spacial score (nSPS) is 10.4. The predicted octanol–water partition coefficient (Wildman–Crippen LogP) is 0.659. The molecule has 0 saturated heterocycles. The van der Waals surface area contributed by atoms with E-state index in [1.54, 1.807) is 0 Å². The topological polar surface area (TPSA) is 110 Å². The van der Waals surface area contributed by atoms with Gasteiger partial charge >= 0.3 is 5.69 Å². The molecule has 0 saturated carbocycles. The Labute approximate surface area is 125 Å². The number of aromatic nitrogens is 2. The maximum absolute atomic E-state index is 13.0. The minimum Gasteiger partial charge on any atom is -0.396 e. The van der Waals surface area contributed by atoms with Crippen LogP contribution in [-0.4, -0.2) is 15.5 Å². The van der Waals surface area contributed by atoms with Gasteiger partial charge in [0.25, 0.3) is 5.56 Å². The molecule has 4 N–H and O–H groups in total. The van der Waals surface area contributed by atoms with Crippen LogP contribution in [0.1, 0.15) is 0 Å². The van der Waals surface area contributed by atoms with E-state index in [1.807, 2.05) is 4.98 Å². The van der Waals surface area contributed by atoms with Crippen LogP contribution in [0.5, 0.6) is 0 Å². The van der Waals surface area contributed by atoms with Gasteiger partial charge in [0.15, 0.2) is 0 Å². The van der Waals surface area contributed by atoms with Crippen molar-refractivity contribution in [3.63, 3.8) is 0 Å².